The van der Waals surface area contributed by atoms with Gasteiger partial charge in [-0.15, -0.1) is 0 Å². The van der Waals surface area contributed by atoms with E-state index in [9.17, 15) is 9.18 Å². The van der Waals surface area contributed by atoms with Crippen LogP contribution < -0.4 is 5.32 Å². The van der Waals surface area contributed by atoms with Crippen molar-refractivity contribution in [3.05, 3.63) is 78.0 Å². The molecule has 1 N–H and O–H groups in total. The van der Waals surface area contributed by atoms with Gasteiger partial charge in [0.25, 0.3) is 5.91 Å². The van der Waals surface area contributed by atoms with Crippen LogP contribution in [-0.2, 0) is 0 Å². The monoisotopic (exact) mass is 473 g/mol. The van der Waals surface area contributed by atoms with Crippen LogP contribution in [0.3, 0.4) is 0 Å². The molecule has 182 valence electrons. The Morgan fingerprint density at radius 2 is 1.94 bits per heavy atom. The fourth-order valence-corrected chi connectivity index (χ4v) is 4.19. The molecule has 0 aliphatic heterocycles. The standard InChI is InChI=1S/C28H32FN5O/c1-18(2)33(5)20(4)10-13-31-28(35)24-17-32-34-14-11-21(16-26(24)34)23-7-6-12-30-27(23)22-8-9-25(29)19(3)15-22/h6-9,11-12,14-18,20H,10,13H2,1-5H3,(H,31,35). The van der Waals surface area contributed by atoms with Gasteiger partial charge in [-0.2, -0.15) is 5.10 Å². The molecule has 0 radical (unpaired) electrons. The highest BCUT2D eigenvalue weighted by atomic mass is 19.1. The van der Waals surface area contributed by atoms with Gasteiger partial charge in [-0.1, -0.05) is 6.07 Å². The van der Waals surface area contributed by atoms with Crippen molar-refractivity contribution in [3.8, 4) is 22.4 Å². The number of aryl methyl sites for hydroxylation is 1. The first-order valence-electron chi connectivity index (χ1n) is 12.0. The third kappa shape index (κ3) is 5.25. The maximum atomic E-state index is 13.8. The van der Waals surface area contributed by atoms with E-state index in [4.69, 9.17) is 0 Å². The van der Waals surface area contributed by atoms with E-state index in [-0.39, 0.29) is 11.7 Å². The number of benzene rings is 1. The van der Waals surface area contributed by atoms with E-state index in [1.807, 2.05) is 30.5 Å². The molecule has 3 heterocycles. The quantitative estimate of drug-likeness (QED) is 0.374. The molecule has 1 unspecified atom stereocenters. The summed E-state index contributed by atoms with van der Waals surface area (Å²) >= 11 is 0. The SMILES string of the molecule is Cc1cc(-c2ncccc2-c2ccn3ncc(C(=O)NCCC(C)N(C)C(C)C)c3c2)ccc1F. The van der Waals surface area contributed by atoms with Gasteiger partial charge in [0.1, 0.15) is 5.82 Å². The van der Waals surface area contributed by atoms with E-state index in [2.05, 4.69) is 48.1 Å². The molecule has 4 rings (SSSR count). The Hall–Kier alpha value is -3.58. The van der Waals surface area contributed by atoms with Crippen LogP contribution in [0.15, 0.2) is 61.1 Å². The van der Waals surface area contributed by atoms with Crippen LogP contribution in [0.4, 0.5) is 4.39 Å². The van der Waals surface area contributed by atoms with Crippen molar-refractivity contribution in [2.75, 3.05) is 13.6 Å². The number of halogens is 1. The number of carbonyl (C=O) groups is 1. The summed E-state index contributed by atoms with van der Waals surface area (Å²) < 4.78 is 15.5. The van der Waals surface area contributed by atoms with Crippen molar-refractivity contribution < 1.29 is 9.18 Å². The van der Waals surface area contributed by atoms with Gasteiger partial charge in [-0.3, -0.25) is 9.78 Å². The second-order valence-electron chi connectivity index (χ2n) is 9.32. The van der Waals surface area contributed by atoms with Gasteiger partial charge >= 0.3 is 0 Å². The van der Waals surface area contributed by atoms with Crippen molar-refractivity contribution >= 4 is 11.4 Å². The van der Waals surface area contributed by atoms with Gasteiger partial charge in [-0.05, 0) is 88.7 Å². The Morgan fingerprint density at radius 1 is 1.14 bits per heavy atom. The highest BCUT2D eigenvalue weighted by Crippen LogP contribution is 2.32. The number of rotatable bonds is 8. The number of nitrogens with zero attached hydrogens (tertiary/aromatic N) is 4. The molecule has 3 aromatic heterocycles. The van der Waals surface area contributed by atoms with E-state index >= 15 is 0 Å². The molecule has 0 spiro atoms. The average Bonchev–Trinajstić information content (AvgIpc) is 3.28. The normalized spacial score (nSPS) is 12.5. The molecule has 0 aliphatic carbocycles. The topological polar surface area (TPSA) is 62.5 Å². The van der Waals surface area contributed by atoms with Crippen LogP contribution in [0.25, 0.3) is 27.9 Å². The second-order valence-corrected chi connectivity index (χ2v) is 9.32. The van der Waals surface area contributed by atoms with Crippen molar-refractivity contribution in [2.45, 2.75) is 46.2 Å². The zero-order chi connectivity index (χ0) is 25.1. The van der Waals surface area contributed by atoms with Crippen LogP contribution in [0.1, 0.15) is 43.1 Å². The Kier molecular flexibility index (Phi) is 7.26. The molecule has 35 heavy (non-hydrogen) atoms. The zero-order valence-corrected chi connectivity index (χ0v) is 20.9. The zero-order valence-electron chi connectivity index (χ0n) is 20.9. The number of nitrogens with one attached hydrogen (secondary N) is 1. The predicted molar refractivity (Wildman–Crippen MR) is 138 cm³/mol. The molecular weight excluding hydrogens is 441 g/mol. The van der Waals surface area contributed by atoms with Crippen LogP contribution in [0.2, 0.25) is 0 Å². The Labute approximate surface area is 205 Å². The van der Waals surface area contributed by atoms with E-state index in [1.165, 1.54) is 6.07 Å². The fraction of sp³-hybridized carbons (Fsp3) is 0.321. The number of amides is 1. The second kappa shape index (κ2) is 10.4. The molecule has 4 aromatic rings. The van der Waals surface area contributed by atoms with Crippen LogP contribution >= 0.6 is 0 Å². The lowest BCUT2D eigenvalue weighted by Crippen LogP contribution is -2.37. The van der Waals surface area contributed by atoms with E-state index < -0.39 is 0 Å². The lowest BCUT2D eigenvalue weighted by molar-refractivity contribution is 0.0949. The minimum Gasteiger partial charge on any atom is -0.352 e. The Balaban J connectivity index is 1.60. The van der Waals surface area contributed by atoms with E-state index in [0.29, 0.717) is 29.8 Å². The smallest absolute Gasteiger partial charge is 0.255 e. The summed E-state index contributed by atoms with van der Waals surface area (Å²) in [6.45, 7) is 8.83. The van der Waals surface area contributed by atoms with Gasteiger partial charge in [0.15, 0.2) is 0 Å². The van der Waals surface area contributed by atoms with Crippen LogP contribution in [0.5, 0.6) is 0 Å². The lowest BCUT2D eigenvalue weighted by atomic mass is 9.98. The van der Waals surface area contributed by atoms with Crippen molar-refractivity contribution in [2.24, 2.45) is 0 Å². The lowest BCUT2D eigenvalue weighted by Gasteiger charge is -2.28. The molecule has 7 heteroatoms. The molecule has 1 aromatic carbocycles. The van der Waals surface area contributed by atoms with Gasteiger partial charge < -0.3 is 10.2 Å². The van der Waals surface area contributed by atoms with E-state index in [1.54, 1.807) is 36.0 Å². The largest absolute Gasteiger partial charge is 0.352 e. The molecule has 6 nitrogen and oxygen atoms in total. The summed E-state index contributed by atoms with van der Waals surface area (Å²) in [6.07, 6.45) is 6.03. The number of aromatic nitrogens is 3. The molecule has 0 saturated heterocycles. The highest BCUT2D eigenvalue weighted by Gasteiger charge is 2.17. The summed E-state index contributed by atoms with van der Waals surface area (Å²) in [5.74, 6) is -0.384. The summed E-state index contributed by atoms with van der Waals surface area (Å²) in [5.41, 5.74) is 5.22. The first-order chi connectivity index (χ1) is 16.8. The Morgan fingerprint density at radius 3 is 2.69 bits per heavy atom. The molecule has 1 atom stereocenters. The number of hydrogen-bond donors (Lipinski definition) is 1. The molecule has 0 fully saturated rings. The first kappa shape index (κ1) is 24.5. The number of pyridine rings is 2. The van der Waals surface area contributed by atoms with Crippen molar-refractivity contribution in [3.63, 3.8) is 0 Å². The van der Waals surface area contributed by atoms with Crippen LogP contribution in [0, 0.1) is 12.7 Å². The highest BCUT2D eigenvalue weighted by molar-refractivity contribution is 6.01. The summed E-state index contributed by atoms with van der Waals surface area (Å²) in [6, 6.07) is 13.6. The van der Waals surface area contributed by atoms with Gasteiger partial charge in [0, 0.05) is 42.1 Å². The predicted octanol–water partition coefficient (Wildman–Crippen LogP) is 5.36. The van der Waals surface area contributed by atoms with Crippen molar-refractivity contribution in [1.29, 1.82) is 0 Å². The summed E-state index contributed by atoms with van der Waals surface area (Å²) in [4.78, 5) is 19.9. The third-order valence-electron chi connectivity index (χ3n) is 6.67. The fourth-order valence-electron chi connectivity index (χ4n) is 4.19. The molecule has 0 aliphatic rings. The molecule has 1 amide bonds. The minimum absolute atomic E-state index is 0.142. The number of carbonyl (C=O) groups excluding carboxylic acids is 1. The maximum Gasteiger partial charge on any atom is 0.255 e. The molecular formula is C28H32FN5O. The van der Waals surface area contributed by atoms with Gasteiger partial charge in [0.05, 0.1) is 23.0 Å². The number of hydrogen-bond acceptors (Lipinski definition) is 4. The first-order valence-corrected chi connectivity index (χ1v) is 12.0. The maximum absolute atomic E-state index is 13.8. The third-order valence-corrected chi connectivity index (χ3v) is 6.67. The Bertz CT molecular complexity index is 1350. The van der Waals surface area contributed by atoms with Crippen molar-refractivity contribution in [1.82, 2.24) is 24.8 Å². The van der Waals surface area contributed by atoms with Gasteiger partial charge in [-0.25, -0.2) is 8.91 Å². The summed E-state index contributed by atoms with van der Waals surface area (Å²) in [5, 5.41) is 7.40. The average molecular weight is 474 g/mol. The van der Waals surface area contributed by atoms with Crippen LogP contribution in [-0.4, -0.2) is 51.1 Å². The molecule has 0 saturated carbocycles. The van der Waals surface area contributed by atoms with E-state index in [0.717, 1.165) is 34.3 Å². The number of fused-ring (bicyclic) bond motifs is 1. The molecule has 0 bridgehead atoms. The minimum atomic E-state index is -0.243. The summed E-state index contributed by atoms with van der Waals surface area (Å²) in [7, 11) is 2.10. The van der Waals surface area contributed by atoms with Gasteiger partial charge in [0.2, 0.25) is 0 Å².